The number of para-hydroxylation sites is 2. The molecule has 0 spiro atoms. The second kappa shape index (κ2) is 9.10. The third kappa shape index (κ3) is 5.14. The van der Waals surface area contributed by atoms with Crippen molar-refractivity contribution in [2.24, 2.45) is 0 Å². The van der Waals surface area contributed by atoms with Gasteiger partial charge in [0, 0.05) is 19.2 Å². The Hall–Kier alpha value is -2.25. The van der Waals surface area contributed by atoms with E-state index < -0.39 is 10.0 Å². The standard InChI is InChI=1S/C19H23ClN2O4S/c1-4-5-12-22(2)19(23)14-10-11-15(20)18(13-14)27(24,25)21-16-8-6-7-9-17(16)26-3/h6-11,13,21H,4-5,12H2,1-3H3. The minimum Gasteiger partial charge on any atom is -0.495 e. The Balaban J connectivity index is 2.35. The summed E-state index contributed by atoms with van der Waals surface area (Å²) < 4.78 is 33.3. The van der Waals surface area contributed by atoms with E-state index in [1.807, 2.05) is 6.92 Å². The highest BCUT2D eigenvalue weighted by atomic mass is 35.5. The van der Waals surface area contributed by atoms with Crippen molar-refractivity contribution in [1.82, 2.24) is 4.90 Å². The van der Waals surface area contributed by atoms with E-state index in [0.717, 1.165) is 12.8 Å². The van der Waals surface area contributed by atoms with Gasteiger partial charge < -0.3 is 9.64 Å². The first-order valence-electron chi connectivity index (χ1n) is 8.51. The maximum absolute atomic E-state index is 12.8. The van der Waals surface area contributed by atoms with Gasteiger partial charge in [-0.3, -0.25) is 9.52 Å². The zero-order chi connectivity index (χ0) is 20.0. The molecule has 0 aliphatic rings. The Kier molecular flexibility index (Phi) is 7.10. The monoisotopic (exact) mass is 410 g/mol. The van der Waals surface area contributed by atoms with Gasteiger partial charge in [-0.25, -0.2) is 8.42 Å². The highest BCUT2D eigenvalue weighted by molar-refractivity contribution is 7.92. The number of halogens is 1. The fourth-order valence-corrected chi connectivity index (χ4v) is 4.09. The second-order valence-electron chi connectivity index (χ2n) is 6.03. The lowest BCUT2D eigenvalue weighted by molar-refractivity contribution is 0.0793. The molecule has 0 unspecified atom stereocenters. The van der Waals surface area contributed by atoms with Crippen LogP contribution in [0.2, 0.25) is 5.02 Å². The highest BCUT2D eigenvalue weighted by Gasteiger charge is 2.22. The van der Waals surface area contributed by atoms with Crippen LogP contribution >= 0.6 is 11.6 Å². The summed E-state index contributed by atoms with van der Waals surface area (Å²) in [6, 6.07) is 10.9. The molecule has 2 rings (SSSR count). The third-order valence-electron chi connectivity index (χ3n) is 4.01. The number of benzene rings is 2. The third-order valence-corrected chi connectivity index (χ3v) is 5.86. The number of hydrogen-bond acceptors (Lipinski definition) is 4. The molecular formula is C19H23ClN2O4S. The topological polar surface area (TPSA) is 75.7 Å². The molecule has 0 aromatic heterocycles. The minimum absolute atomic E-state index is 0.0326. The van der Waals surface area contributed by atoms with Gasteiger partial charge in [-0.15, -0.1) is 0 Å². The number of nitrogens with one attached hydrogen (secondary N) is 1. The molecule has 0 aliphatic carbocycles. The Morgan fingerprint density at radius 3 is 2.59 bits per heavy atom. The van der Waals surface area contributed by atoms with E-state index in [2.05, 4.69) is 4.72 Å². The first-order valence-corrected chi connectivity index (χ1v) is 10.4. The lowest BCUT2D eigenvalue weighted by atomic mass is 10.2. The molecule has 2 aromatic rings. The van der Waals surface area contributed by atoms with Crippen molar-refractivity contribution in [2.75, 3.05) is 25.4 Å². The van der Waals surface area contributed by atoms with Crippen molar-refractivity contribution in [2.45, 2.75) is 24.7 Å². The van der Waals surface area contributed by atoms with Crippen LogP contribution in [0.15, 0.2) is 47.4 Å². The summed E-state index contributed by atoms with van der Waals surface area (Å²) in [6.07, 6.45) is 1.83. The molecule has 2 aromatic carbocycles. The average Bonchev–Trinajstić information content (AvgIpc) is 2.65. The minimum atomic E-state index is -4.01. The summed E-state index contributed by atoms with van der Waals surface area (Å²) in [6.45, 7) is 2.63. The van der Waals surface area contributed by atoms with Gasteiger partial charge in [-0.2, -0.15) is 0 Å². The molecule has 27 heavy (non-hydrogen) atoms. The van der Waals surface area contributed by atoms with Crippen molar-refractivity contribution in [1.29, 1.82) is 0 Å². The molecule has 0 radical (unpaired) electrons. The van der Waals surface area contributed by atoms with Crippen molar-refractivity contribution in [3.05, 3.63) is 53.1 Å². The van der Waals surface area contributed by atoms with Crippen molar-refractivity contribution < 1.29 is 17.9 Å². The predicted molar refractivity (Wildman–Crippen MR) is 107 cm³/mol. The Bertz CT molecular complexity index is 916. The SMILES string of the molecule is CCCCN(C)C(=O)c1ccc(Cl)c(S(=O)(=O)Nc2ccccc2OC)c1. The molecule has 0 saturated carbocycles. The maximum Gasteiger partial charge on any atom is 0.263 e. The van der Waals surface area contributed by atoms with E-state index in [9.17, 15) is 13.2 Å². The summed E-state index contributed by atoms with van der Waals surface area (Å²) in [4.78, 5) is 14.0. The number of nitrogens with zero attached hydrogens (tertiary/aromatic N) is 1. The average molecular weight is 411 g/mol. The number of hydrogen-bond donors (Lipinski definition) is 1. The van der Waals surface area contributed by atoms with Gasteiger partial charge in [-0.05, 0) is 36.8 Å². The normalized spacial score (nSPS) is 11.1. The lowest BCUT2D eigenvalue weighted by Crippen LogP contribution is -2.28. The van der Waals surface area contributed by atoms with Crippen molar-refractivity contribution in [3.8, 4) is 5.75 Å². The molecule has 0 saturated heterocycles. The van der Waals surface area contributed by atoms with Gasteiger partial charge in [0.1, 0.15) is 10.6 Å². The van der Waals surface area contributed by atoms with Crippen LogP contribution in [-0.2, 0) is 10.0 Å². The zero-order valence-corrected chi connectivity index (χ0v) is 17.1. The molecule has 0 bridgehead atoms. The van der Waals surface area contributed by atoms with Crippen LogP contribution in [0.4, 0.5) is 5.69 Å². The molecular weight excluding hydrogens is 388 g/mol. The molecule has 146 valence electrons. The van der Waals surface area contributed by atoms with Crippen LogP contribution < -0.4 is 9.46 Å². The molecule has 1 N–H and O–H groups in total. The summed E-state index contributed by atoms with van der Waals surface area (Å²) in [5.74, 6) is 0.123. The van der Waals surface area contributed by atoms with E-state index in [1.165, 1.54) is 25.3 Å². The quantitative estimate of drug-likeness (QED) is 0.713. The largest absolute Gasteiger partial charge is 0.495 e. The van der Waals surface area contributed by atoms with Crippen LogP contribution in [0.1, 0.15) is 30.1 Å². The smallest absolute Gasteiger partial charge is 0.263 e. The number of sulfonamides is 1. The predicted octanol–water partition coefficient (Wildman–Crippen LogP) is 4.02. The number of carbonyl (C=O) groups excluding carboxylic acids is 1. The number of ether oxygens (including phenoxy) is 1. The summed E-state index contributed by atoms with van der Waals surface area (Å²) in [5, 5.41) is 0.0326. The molecule has 6 nitrogen and oxygen atoms in total. The van der Waals surface area contributed by atoms with Gasteiger partial charge in [0.15, 0.2) is 0 Å². The fraction of sp³-hybridized carbons (Fsp3) is 0.316. The van der Waals surface area contributed by atoms with Crippen LogP contribution in [0.5, 0.6) is 5.75 Å². The van der Waals surface area contributed by atoms with E-state index >= 15 is 0 Å². The van der Waals surface area contributed by atoms with Crippen LogP contribution in [-0.4, -0.2) is 39.9 Å². The Labute approximate surface area is 165 Å². The highest BCUT2D eigenvalue weighted by Crippen LogP contribution is 2.29. The summed E-state index contributed by atoms with van der Waals surface area (Å²) in [7, 11) is -0.870. The van der Waals surface area contributed by atoms with E-state index in [1.54, 1.807) is 36.2 Å². The fourth-order valence-electron chi connectivity index (χ4n) is 2.49. The first kappa shape index (κ1) is 21.1. The van der Waals surface area contributed by atoms with Crippen LogP contribution in [0, 0.1) is 0 Å². The first-order chi connectivity index (χ1) is 12.8. The van der Waals surface area contributed by atoms with Gasteiger partial charge in [-0.1, -0.05) is 37.1 Å². The van der Waals surface area contributed by atoms with Crippen molar-refractivity contribution >= 4 is 33.2 Å². The Morgan fingerprint density at radius 2 is 1.93 bits per heavy atom. The molecule has 0 heterocycles. The molecule has 8 heteroatoms. The van der Waals surface area contributed by atoms with E-state index in [-0.39, 0.29) is 27.1 Å². The molecule has 0 aliphatic heterocycles. The Morgan fingerprint density at radius 1 is 1.22 bits per heavy atom. The molecule has 0 fully saturated rings. The van der Waals surface area contributed by atoms with E-state index in [0.29, 0.717) is 12.3 Å². The molecule has 1 amide bonds. The van der Waals surface area contributed by atoms with Gasteiger partial charge in [0.2, 0.25) is 0 Å². The summed E-state index contributed by atoms with van der Waals surface area (Å²) >= 11 is 6.11. The zero-order valence-electron chi connectivity index (χ0n) is 15.5. The maximum atomic E-state index is 12.8. The van der Waals surface area contributed by atoms with Crippen LogP contribution in [0.25, 0.3) is 0 Å². The number of rotatable bonds is 8. The molecule has 0 atom stereocenters. The van der Waals surface area contributed by atoms with E-state index in [4.69, 9.17) is 16.3 Å². The number of unbranched alkanes of at least 4 members (excludes halogenated alkanes) is 1. The second-order valence-corrected chi connectivity index (χ2v) is 8.09. The van der Waals surface area contributed by atoms with Crippen LogP contribution in [0.3, 0.4) is 0 Å². The van der Waals surface area contributed by atoms with Crippen molar-refractivity contribution in [3.63, 3.8) is 0 Å². The van der Waals surface area contributed by atoms with Gasteiger partial charge >= 0.3 is 0 Å². The number of anilines is 1. The lowest BCUT2D eigenvalue weighted by Gasteiger charge is -2.18. The van der Waals surface area contributed by atoms with Gasteiger partial charge in [0.05, 0.1) is 17.8 Å². The number of methoxy groups -OCH3 is 1. The number of amides is 1. The number of carbonyl (C=O) groups is 1. The summed E-state index contributed by atoms with van der Waals surface area (Å²) in [5.41, 5.74) is 0.547. The van der Waals surface area contributed by atoms with Gasteiger partial charge in [0.25, 0.3) is 15.9 Å².